The summed E-state index contributed by atoms with van der Waals surface area (Å²) in [7, 11) is 3.58. The second kappa shape index (κ2) is 11.2. The SMILES string of the molecule is CN=C(NCCOc1ccccc1C(C)C)N1CCN(c2cnn(C)c2)C(=O)C1.I. The average Bonchev–Trinajstić information content (AvgIpc) is 3.14. The number of para-hydroxylation sites is 1. The van der Waals surface area contributed by atoms with Crippen molar-refractivity contribution in [2.75, 3.05) is 44.7 Å². The van der Waals surface area contributed by atoms with E-state index in [4.69, 9.17) is 4.74 Å². The van der Waals surface area contributed by atoms with Gasteiger partial charge in [0.05, 0.1) is 18.4 Å². The first-order valence-electron chi connectivity index (χ1n) is 9.96. The maximum Gasteiger partial charge on any atom is 0.246 e. The summed E-state index contributed by atoms with van der Waals surface area (Å²) >= 11 is 0. The second-order valence-corrected chi connectivity index (χ2v) is 7.35. The van der Waals surface area contributed by atoms with Gasteiger partial charge in [-0.05, 0) is 17.5 Å². The summed E-state index contributed by atoms with van der Waals surface area (Å²) < 4.78 is 7.66. The predicted octanol–water partition coefficient (Wildman–Crippen LogP) is 2.46. The van der Waals surface area contributed by atoms with Crippen LogP contribution >= 0.6 is 24.0 Å². The molecule has 1 aromatic heterocycles. The number of aliphatic imine (C=N–C) groups is 1. The fourth-order valence-electron chi connectivity index (χ4n) is 3.42. The normalized spacial score (nSPS) is 14.7. The highest BCUT2D eigenvalue weighted by Gasteiger charge is 2.27. The number of aryl methyl sites for hydroxylation is 1. The van der Waals surface area contributed by atoms with E-state index in [0.717, 1.165) is 11.4 Å². The van der Waals surface area contributed by atoms with Gasteiger partial charge < -0.3 is 19.9 Å². The van der Waals surface area contributed by atoms with Crippen molar-refractivity contribution in [3.8, 4) is 5.75 Å². The zero-order valence-electron chi connectivity index (χ0n) is 18.0. The van der Waals surface area contributed by atoms with Crippen molar-refractivity contribution in [2.24, 2.45) is 12.0 Å². The van der Waals surface area contributed by atoms with Crippen LogP contribution in [-0.2, 0) is 11.8 Å². The van der Waals surface area contributed by atoms with E-state index >= 15 is 0 Å². The van der Waals surface area contributed by atoms with Gasteiger partial charge in [0, 0.05) is 33.4 Å². The van der Waals surface area contributed by atoms with Crippen LogP contribution in [0.1, 0.15) is 25.3 Å². The van der Waals surface area contributed by atoms with Crippen LogP contribution in [0.4, 0.5) is 5.69 Å². The van der Waals surface area contributed by atoms with Crippen molar-refractivity contribution in [1.29, 1.82) is 0 Å². The van der Waals surface area contributed by atoms with Gasteiger partial charge in [0.1, 0.15) is 18.9 Å². The molecule has 0 aliphatic carbocycles. The number of rotatable bonds is 6. The summed E-state index contributed by atoms with van der Waals surface area (Å²) in [5, 5.41) is 7.45. The van der Waals surface area contributed by atoms with Gasteiger partial charge in [-0.2, -0.15) is 5.10 Å². The van der Waals surface area contributed by atoms with Crippen LogP contribution in [0.15, 0.2) is 41.7 Å². The number of carbonyl (C=O) groups excluding carboxylic acids is 1. The van der Waals surface area contributed by atoms with Gasteiger partial charge in [0.25, 0.3) is 0 Å². The van der Waals surface area contributed by atoms with Crippen molar-refractivity contribution in [2.45, 2.75) is 19.8 Å². The van der Waals surface area contributed by atoms with Gasteiger partial charge >= 0.3 is 0 Å². The lowest BCUT2D eigenvalue weighted by Crippen LogP contribution is -2.55. The van der Waals surface area contributed by atoms with Gasteiger partial charge in [-0.25, -0.2) is 0 Å². The molecule has 1 saturated heterocycles. The fraction of sp³-hybridized carbons (Fsp3) is 0.476. The van der Waals surface area contributed by atoms with Crippen molar-refractivity contribution >= 4 is 41.5 Å². The Bertz CT molecular complexity index is 867. The van der Waals surface area contributed by atoms with E-state index in [0.29, 0.717) is 38.1 Å². The maximum absolute atomic E-state index is 12.6. The lowest BCUT2D eigenvalue weighted by atomic mass is 10.0. The monoisotopic (exact) mass is 526 g/mol. The summed E-state index contributed by atoms with van der Waals surface area (Å²) in [6.07, 6.45) is 3.57. The Hall–Kier alpha value is -2.30. The molecule has 1 aliphatic heterocycles. The highest BCUT2D eigenvalue weighted by atomic mass is 127. The van der Waals surface area contributed by atoms with Gasteiger partial charge in [-0.3, -0.25) is 14.5 Å². The van der Waals surface area contributed by atoms with E-state index in [2.05, 4.69) is 35.3 Å². The summed E-state index contributed by atoms with van der Waals surface area (Å²) in [5.41, 5.74) is 2.03. The minimum Gasteiger partial charge on any atom is -0.491 e. The molecule has 0 unspecified atom stereocenters. The quantitative estimate of drug-likeness (QED) is 0.271. The number of nitrogens with one attached hydrogen (secondary N) is 1. The molecule has 1 amide bonds. The number of hydrogen-bond donors (Lipinski definition) is 1. The lowest BCUT2D eigenvalue weighted by Gasteiger charge is -2.35. The molecule has 3 rings (SSSR count). The molecule has 164 valence electrons. The van der Waals surface area contributed by atoms with Crippen molar-refractivity contribution in [3.63, 3.8) is 0 Å². The number of hydrogen-bond acceptors (Lipinski definition) is 4. The number of aromatic nitrogens is 2. The van der Waals surface area contributed by atoms with Crippen LogP contribution in [0.5, 0.6) is 5.75 Å². The summed E-state index contributed by atoms with van der Waals surface area (Å²) in [5.74, 6) is 2.08. The highest BCUT2D eigenvalue weighted by Crippen LogP contribution is 2.25. The van der Waals surface area contributed by atoms with Gasteiger partial charge in [-0.15, -0.1) is 24.0 Å². The number of anilines is 1. The first-order chi connectivity index (χ1) is 14.0. The Morgan fingerprint density at radius 2 is 2.07 bits per heavy atom. The number of guanidine groups is 1. The van der Waals surface area contributed by atoms with Crippen LogP contribution in [0, 0.1) is 0 Å². The van der Waals surface area contributed by atoms with E-state index in [1.54, 1.807) is 22.8 Å². The Kier molecular flexibility index (Phi) is 8.94. The third-order valence-electron chi connectivity index (χ3n) is 4.92. The summed E-state index contributed by atoms with van der Waals surface area (Å²) in [6, 6.07) is 8.12. The average molecular weight is 526 g/mol. The molecule has 1 aliphatic rings. The number of halogens is 1. The number of carbonyl (C=O) groups is 1. The van der Waals surface area contributed by atoms with E-state index in [1.165, 1.54) is 5.56 Å². The number of benzene rings is 1. The van der Waals surface area contributed by atoms with E-state index in [-0.39, 0.29) is 36.4 Å². The van der Waals surface area contributed by atoms with Crippen LogP contribution in [0.2, 0.25) is 0 Å². The Morgan fingerprint density at radius 1 is 1.30 bits per heavy atom. The Labute approximate surface area is 195 Å². The van der Waals surface area contributed by atoms with Crippen LogP contribution in [-0.4, -0.2) is 66.4 Å². The third-order valence-corrected chi connectivity index (χ3v) is 4.92. The van der Waals surface area contributed by atoms with Crippen molar-refractivity contribution in [1.82, 2.24) is 20.0 Å². The number of piperazine rings is 1. The van der Waals surface area contributed by atoms with Crippen LogP contribution in [0.3, 0.4) is 0 Å². The molecule has 1 aromatic carbocycles. The topological polar surface area (TPSA) is 75.0 Å². The molecule has 0 atom stereocenters. The zero-order valence-corrected chi connectivity index (χ0v) is 20.4. The molecule has 0 spiro atoms. The smallest absolute Gasteiger partial charge is 0.246 e. The number of ether oxygens (including phenoxy) is 1. The molecule has 2 aromatic rings. The molecule has 8 nitrogen and oxygen atoms in total. The standard InChI is InChI=1S/C21H30N6O2.HI/c1-16(2)18-7-5-6-8-19(18)29-12-9-23-21(22-3)26-10-11-27(20(28)15-26)17-13-24-25(4)14-17;/h5-8,13-14,16H,9-12,15H2,1-4H3,(H,22,23);1H. The molecule has 1 N–H and O–H groups in total. The van der Waals surface area contributed by atoms with E-state index in [1.807, 2.05) is 36.3 Å². The Balaban J connectivity index is 0.00000320. The first kappa shape index (κ1) is 24.0. The number of nitrogens with zero attached hydrogens (tertiary/aromatic N) is 5. The maximum atomic E-state index is 12.6. The first-order valence-corrected chi connectivity index (χ1v) is 9.96. The van der Waals surface area contributed by atoms with Gasteiger partial charge in [0.2, 0.25) is 5.91 Å². The Morgan fingerprint density at radius 3 is 2.70 bits per heavy atom. The van der Waals surface area contributed by atoms with Crippen molar-refractivity contribution < 1.29 is 9.53 Å². The lowest BCUT2D eigenvalue weighted by molar-refractivity contribution is -0.120. The van der Waals surface area contributed by atoms with E-state index < -0.39 is 0 Å². The van der Waals surface area contributed by atoms with E-state index in [9.17, 15) is 4.79 Å². The van der Waals surface area contributed by atoms with Crippen LogP contribution < -0.4 is 15.0 Å². The van der Waals surface area contributed by atoms with Gasteiger partial charge in [-0.1, -0.05) is 32.0 Å². The fourth-order valence-corrected chi connectivity index (χ4v) is 3.42. The highest BCUT2D eigenvalue weighted by molar-refractivity contribution is 14.0. The second-order valence-electron chi connectivity index (χ2n) is 7.35. The third kappa shape index (κ3) is 5.87. The molecule has 2 heterocycles. The molecular weight excluding hydrogens is 495 g/mol. The largest absolute Gasteiger partial charge is 0.491 e. The molecule has 0 radical (unpaired) electrons. The summed E-state index contributed by atoms with van der Waals surface area (Å²) in [4.78, 5) is 20.7. The number of amides is 1. The minimum atomic E-state index is 0. The zero-order chi connectivity index (χ0) is 20.8. The molecule has 0 bridgehead atoms. The molecular formula is C21H31IN6O2. The predicted molar refractivity (Wildman–Crippen MR) is 130 cm³/mol. The van der Waals surface area contributed by atoms with Crippen molar-refractivity contribution in [3.05, 3.63) is 42.2 Å². The molecule has 0 saturated carbocycles. The summed E-state index contributed by atoms with van der Waals surface area (Å²) in [6.45, 7) is 7.03. The molecule has 1 fully saturated rings. The van der Waals surface area contributed by atoms with Gasteiger partial charge in [0.15, 0.2) is 5.96 Å². The van der Waals surface area contributed by atoms with Crippen LogP contribution in [0.25, 0.3) is 0 Å². The molecule has 30 heavy (non-hydrogen) atoms. The molecule has 9 heteroatoms. The minimum absolute atomic E-state index is 0.